The number of aliphatic hydroxyl groups excluding tert-OH is 1. The Morgan fingerprint density at radius 1 is 0.531 bits per heavy atom. The standard InChI is InChI=1S/C88H121N21O20S/c1-10-12-28-68-82(123)100-62(40-75(115)116)81(122)104-67(77(118)94-44-72(90)112)46-130-47-74(114)97-64(35-51-22-15-14-16-23-51)85(126)106(7)50(5)76(117)101-66(39-71(89)111)87(128)109-32-21-30-69(109)83(124)99-61(38-54-43-91-48-95-54)80(121)102-63(34-49(3)4)84(125)105(6)45-73(113)96-60(36-52-41-92-57-26-19-17-24-55(52)57)79(120)98-59(31-33-110)78(119)103-65(37-53-42-93-58-27-20-18-25-56(53)58)86(127)108(9)70(29-13-11-2)88(129)107(68)8/h14-20,22-27,41-43,48-50,59-70,92-93,110H,10-13,21,28-40,44-47H2,1-9H3,(H2,89,111)(H2,90,112)(H,91,95)(H,94,118)(H,96,113)(H,97,114)(H,98,120)(H,99,124)(H,100,123)(H,101,117)(H,102,121)(H,103,119)(H,104,122)(H,115,116)/t50-,59-,60-,61-,62-,63-,64-,65-,66-,67-,68-,69-,70-/m0/s1. The minimum absolute atomic E-state index is 0.00746. The van der Waals surface area contributed by atoms with Gasteiger partial charge in [0.15, 0.2) is 0 Å². The number of carbonyl (C=O) groups is 18. The Morgan fingerprint density at radius 2 is 1.06 bits per heavy atom. The van der Waals surface area contributed by atoms with Crippen molar-refractivity contribution in [3.63, 3.8) is 0 Å². The number of hydrogen-bond donors (Lipinski definition) is 17. The van der Waals surface area contributed by atoms with Crippen molar-refractivity contribution in [3.05, 3.63) is 126 Å². The number of nitrogens with two attached hydrogens (primary N) is 2. The number of benzene rings is 3. The molecule has 17 amide bonds. The van der Waals surface area contributed by atoms with Crippen LogP contribution in [0.25, 0.3) is 21.8 Å². The second-order valence-electron chi connectivity index (χ2n) is 33.1. The van der Waals surface area contributed by atoms with Crippen molar-refractivity contribution >= 4 is 140 Å². The number of H-pyrrole nitrogens is 3. The van der Waals surface area contributed by atoms with E-state index in [1.54, 1.807) is 112 Å². The minimum atomic E-state index is -2.00. The van der Waals surface area contributed by atoms with E-state index in [0.717, 1.165) is 36.3 Å². The summed E-state index contributed by atoms with van der Waals surface area (Å²) < 4.78 is 0. The quantitative estimate of drug-likeness (QED) is 0.0309. The van der Waals surface area contributed by atoms with Gasteiger partial charge in [-0.15, -0.1) is 11.8 Å². The predicted octanol–water partition coefficient (Wildman–Crippen LogP) is -1.54. The van der Waals surface area contributed by atoms with Gasteiger partial charge in [0.25, 0.3) is 0 Å². The Hall–Kier alpha value is -13.3. The lowest BCUT2D eigenvalue weighted by Gasteiger charge is -2.36. The highest BCUT2D eigenvalue weighted by Crippen LogP contribution is 2.26. The van der Waals surface area contributed by atoms with Crippen LogP contribution in [-0.4, -0.2) is 306 Å². The Labute approximate surface area is 755 Å². The summed E-state index contributed by atoms with van der Waals surface area (Å²) in [5.74, 6) is -19.2. The number of unbranched alkanes of at least 4 members (excludes halogenated alkanes) is 2. The van der Waals surface area contributed by atoms with Crippen LogP contribution >= 0.6 is 11.8 Å². The van der Waals surface area contributed by atoms with Crippen molar-refractivity contribution in [1.82, 2.24) is 97.6 Å². The third kappa shape index (κ3) is 29.1. The van der Waals surface area contributed by atoms with E-state index >= 15 is 19.2 Å². The maximum Gasteiger partial charge on any atom is 0.305 e. The predicted molar refractivity (Wildman–Crippen MR) is 477 cm³/mol. The van der Waals surface area contributed by atoms with E-state index in [2.05, 4.69) is 73.1 Å². The van der Waals surface area contributed by atoms with Crippen LogP contribution in [0.5, 0.6) is 0 Å². The molecule has 0 aliphatic carbocycles. The van der Waals surface area contributed by atoms with Gasteiger partial charge >= 0.3 is 5.97 Å². The number of rotatable bonds is 25. The average Bonchev–Trinajstić information content (AvgIpc) is 1.80. The van der Waals surface area contributed by atoms with Crippen LogP contribution < -0.4 is 64.6 Å². The first-order valence-corrected chi connectivity index (χ1v) is 44.5. The number of amides is 17. The molecule has 2 aliphatic heterocycles. The molecule has 2 aliphatic rings. The summed E-state index contributed by atoms with van der Waals surface area (Å²) in [5, 5.41) is 48.2. The number of nitrogens with one attached hydrogen (secondary N) is 13. The molecule has 2 saturated heterocycles. The molecule has 0 saturated carbocycles. The fraction of sp³-hybridized carbons (Fsp3) is 0.511. The molecule has 8 rings (SSSR count). The first kappa shape index (κ1) is 102. The molecule has 42 heteroatoms. The number of hydrogen-bond acceptors (Lipinski definition) is 21. The molecule has 41 nitrogen and oxygen atoms in total. The number of para-hydroxylation sites is 2. The van der Waals surface area contributed by atoms with Crippen molar-refractivity contribution in [3.8, 4) is 0 Å². The number of carboxylic acid groups (broad SMARTS) is 1. The third-order valence-electron chi connectivity index (χ3n) is 22.8. The van der Waals surface area contributed by atoms with Gasteiger partial charge in [-0.05, 0) is 80.2 Å². The molecular weight excluding hydrogens is 1700 g/mol. The lowest BCUT2D eigenvalue weighted by atomic mass is 10.00. The summed E-state index contributed by atoms with van der Waals surface area (Å²) in [7, 11) is 5.12. The Bertz CT molecular complexity index is 5010. The largest absolute Gasteiger partial charge is 0.481 e. The highest BCUT2D eigenvalue weighted by atomic mass is 32.2. The fourth-order valence-corrected chi connectivity index (χ4v) is 16.4. The number of aromatic amines is 3. The zero-order chi connectivity index (χ0) is 95.2. The highest BCUT2D eigenvalue weighted by molar-refractivity contribution is 8.00. The summed E-state index contributed by atoms with van der Waals surface area (Å²) in [6.45, 7) is 6.12. The smallest absolute Gasteiger partial charge is 0.305 e. The Kier molecular flexibility index (Phi) is 38.7. The zero-order valence-electron chi connectivity index (χ0n) is 74.4. The van der Waals surface area contributed by atoms with Gasteiger partial charge in [0.2, 0.25) is 100 Å². The fourth-order valence-electron chi connectivity index (χ4n) is 15.6. The van der Waals surface area contributed by atoms with E-state index in [4.69, 9.17) is 11.5 Å². The molecular formula is C88H121N21O20S. The van der Waals surface area contributed by atoms with Gasteiger partial charge in [0, 0.05) is 119 Å². The van der Waals surface area contributed by atoms with Gasteiger partial charge < -0.3 is 114 Å². The highest BCUT2D eigenvalue weighted by Gasteiger charge is 2.44. The van der Waals surface area contributed by atoms with Crippen LogP contribution in [0.4, 0.5) is 0 Å². The first-order valence-electron chi connectivity index (χ1n) is 43.3. The van der Waals surface area contributed by atoms with Crippen molar-refractivity contribution in [1.29, 1.82) is 0 Å². The van der Waals surface area contributed by atoms with Crippen LogP contribution in [-0.2, 0) is 112 Å². The maximum atomic E-state index is 15.7. The molecule has 5 heterocycles. The van der Waals surface area contributed by atoms with Crippen molar-refractivity contribution in [2.45, 2.75) is 216 Å². The minimum Gasteiger partial charge on any atom is -0.481 e. The van der Waals surface area contributed by atoms with Gasteiger partial charge in [0.05, 0.1) is 38.0 Å². The van der Waals surface area contributed by atoms with E-state index in [9.17, 15) is 77.3 Å². The van der Waals surface area contributed by atoms with Gasteiger partial charge in [-0.1, -0.05) is 120 Å². The lowest BCUT2D eigenvalue weighted by Crippen LogP contribution is -2.61. The number of aromatic nitrogens is 4. The number of fused-ring (bicyclic) bond motifs is 3. The summed E-state index contributed by atoms with van der Waals surface area (Å²) >= 11 is 0.717. The average molecular weight is 1830 g/mol. The van der Waals surface area contributed by atoms with E-state index in [1.807, 2.05) is 6.92 Å². The SMILES string of the molecule is CCCC[C@H]1C(=O)N(C)[C@@H](CCCC)C(=O)N[C@@H](CC(=O)O)C(=O)N[C@H](C(=O)NCC(N)=O)CSCC(=O)N[C@@H](Cc2ccccc2)C(=O)N(C)[C@@H](C)C(=O)N[C@@H](CC(N)=O)C(=O)N2CCC[C@H]2C(=O)N[C@@H](Cc2cnc[nH]2)C(=O)N[C@@H](CC(C)C)C(=O)N(C)CC(=O)N[C@@H](Cc2c[nH]c3ccccc23)C(=O)N[C@@H](CCO)C(=O)N[C@@H](Cc2c[nH]c3ccccc23)C(=O)N1C. The first-order chi connectivity index (χ1) is 61.9. The summed E-state index contributed by atoms with van der Waals surface area (Å²) in [5.41, 5.74) is 14.3. The molecule has 19 N–H and O–H groups in total. The normalized spacial score (nSPS) is 23.7. The zero-order valence-corrected chi connectivity index (χ0v) is 75.3. The Balaban J connectivity index is 1.18. The Morgan fingerprint density at radius 3 is 1.65 bits per heavy atom. The number of likely N-dealkylation sites (N-methyl/N-ethyl adjacent to an activating group) is 4. The molecule has 0 unspecified atom stereocenters. The van der Waals surface area contributed by atoms with E-state index in [-0.39, 0.29) is 76.7 Å². The summed E-state index contributed by atoms with van der Waals surface area (Å²) in [6, 6.07) is 2.15. The van der Waals surface area contributed by atoms with Crippen LogP contribution in [0.2, 0.25) is 0 Å². The number of primary amides is 2. The topological polar surface area (TPSA) is 597 Å². The molecule has 2 fully saturated rings. The molecule has 3 aromatic carbocycles. The van der Waals surface area contributed by atoms with E-state index < -0.39 is 235 Å². The van der Waals surface area contributed by atoms with Gasteiger partial charge in [-0.25, -0.2) is 4.98 Å². The van der Waals surface area contributed by atoms with E-state index in [1.165, 1.54) is 47.6 Å². The molecule has 0 bridgehead atoms. The van der Waals surface area contributed by atoms with Crippen molar-refractivity contribution in [2.24, 2.45) is 17.4 Å². The van der Waals surface area contributed by atoms with Gasteiger partial charge in [0.1, 0.15) is 78.5 Å². The van der Waals surface area contributed by atoms with Crippen LogP contribution in [0.1, 0.15) is 134 Å². The number of carboxylic acids is 1. The molecule has 3 aromatic heterocycles. The van der Waals surface area contributed by atoms with Gasteiger partial charge in [-0.3, -0.25) is 86.3 Å². The van der Waals surface area contributed by atoms with Crippen LogP contribution in [0, 0.1) is 5.92 Å². The number of aliphatic carboxylic acids is 1. The number of imidazole rings is 1. The number of nitrogens with zero attached hydrogens (tertiary/aromatic N) is 6. The molecule has 0 spiro atoms. The lowest BCUT2D eigenvalue weighted by molar-refractivity contribution is -0.149. The van der Waals surface area contributed by atoms with Crippen molar-refractivity contribution < 1.29 is 96.5 Å². The number of thioether (sulfide) groups is 1. The van der Waals surface area contributed by atoms with Crippen LogP contribution in [0.3, 0.4) is 0 Å². The molecule has 130 heavy (non-hydrogen) atoms. The number of carbonyl (C=O) groups excluding carboxylic acids is 17. The van der Waals surface area contributed by atoms with Crippen molar-refractivity contribution in [2.75, 3.05) is 65.9 Å². The number of aliphatic hydroxyl groups is 1. The van der Waals surface area contributed by atoms with Gasteiger partial charge in [-0.2, -0.15) is 0 Å². The second-order valence-corrected chi connectivity index (χ2v) is 34.1. The maximum absolute atomic E-state index is 15.7. The molecule has 13 atom stereocenters. The van der Waals surface area contributed by atoms with Crippen LogP contribution in [0.15, 0.2) is 104 Å². The second kappa shape index (κ2) is 49.3. The summed E-state index contributed by atoms with van der Waals surface area (Å²) in [4.78, 5) is 279. The summed E-state index contributed by atoms with van der Waals surface area (Å²) in [6.07, 6.45) is 4.20. The molecule has 704 valence electrons. The third-order valence-corrected chi connectivity index (χ3v) is 23.8. The molecule has 6 aromatic rings. The monoisotopic (exact) mass is 1820 g/mol. The van der Waals surface area contributed by atoms with E-state index in [0.29, 0.717) is 63.5 Å². The molecule has 0 radical (unpaired) electrons.